The summed E-state index contributed by atoms with van der Waals surface area (Å²) in [5, 5.41) is 27.4. The maximum Gasteiger partial charge on any atom is 0.306 e. The van der Waals surface area contributed by atoms with Crippen LogP contribution in [-0.4, -0.2) is 42.7 Å². The lowest BCUT2D eigenvalue weighted by Gasteiger charge is -2.15. The van der Waals surface area contributed by atoms with E-state index in [1.807, 2.05) is 0 Å². The molecule has 96 valence electrons. The van der Waals surface area contributed by atoms with Gasteiger partial charge >= 0.3 is 10.1 Å². The lowest BCUT2D eigenvalue weighted by atomic mass is 10.1. The summed E-state index contributed by atoms with van der Waals surface area (Å²) >= 11 is 0. The van der Waals surface area contributed by atoms with Crippen LogP contribution in [0, 0.1) is 0 Å². The van der Waals surface area contributed by atoms with Crippen LogP contribution in [0.3, 0.4) is 0 Å². The minimum atomic E-state index is -3.58. The first-order chi connectivity index (χ1) is 7.83. The quantitative estimate of drug-likeness (QED) is 0.613. The van der Waals surface area contributed by atoms with Gasteiger partial charge in [-0.05, 0) is 17.7 Å². The summed E-state index contributed by atoms with van der Waals surface area (Å²) in [5.74, 6) is 0.113. The first-order valence-corrected chi connectivity index (χ1v) is 6.61. The molecule has 2 atom stereocenters. The Morgan fingerprint density at radius 3 is 2.18 bits per heavy atom. The molecule has 0 saturated carbocycles. The first-order valence-electron chi connectivity index (χ1n) is 4.80. The molecule has 0 aliphatic heterocycles. The van der Waals surface area contributed by atoms with Crippen LogP contribution >= 0.6 is 0 Å². The molecule has 6 nitrogen and oxygen atoms in total. The van der Waals surface area contributed by atoms with Gasteiger partial charge in [-0.3, -0.25) is 0 Å². The van der Waals surface area contributed by atoms with Gasteiger partial charge in [-0.2, -0.15) is 8.42 Å². The van der Waals surface area contributed by atoms with E-state index in [4.69, 9.17) is 5.11 Å². The van der Waals surface area contributed by atoms with E-state index in [0.29, 0.717) is 5.56 Å². The van der Waals surface area contributed by atoms with Gasteiger partial charge in [0.25, 0.3) is 0 Å². The fraction of sp³-hybridized carbons (Fsp3) is 0.400. The van der Waals surface area contributed by atoms with E-state index in [9.17, 15) is 18.6 Å². The smallest absolute Gasteiger partial charge is 0.306 e. The van der Waals surface area contributed by atoms with Crippen LogP contribution in [0.1, 0.15) is 11.7 Å². The maximum atomic E-state index is 10.8. The second-order valence-electron chi connectivity index (χ2n) is 3.55. The molecule has 1 aromatic carbocycles. The molecule has 0 aliphatic rings. The van der Waals surface area contributed by atoms with Crippen molar-refractivity contribution in [2.75, 3.05) is 12.9 Å². The lowest BCUT2D eigenvalue weighted by molar-refractivity contribution is -0.0152. The van der Waals surface area contributed by atoms with Gasteiger partial charge in [0.05, 0.1) is 12.9 Å². The Balaban J connectivity index is 2.81. The van der Waals surface area contributed by atoms with Gasteiger partial charge in [0.15, 0.2) is 0 Å². The molecule has 3 N–H and O–H groups in total. The topological polar surface area (TPSA) is 104 Å². The molecule has 1 aromatic rings. The summed E-state index contributed by atoms with van der Waals surface area (Å²) in [6.45, 7) is -0.567. The molecular weight excluding hydrogens is 248 g/mol. The van der Waals surface area contributed by atoms with Crippen molar-refractivity contribution < 1.29 is 27.9 Å². The highest BCUT2D eigenvalue weighted by atomic mass is 32.2. The summed E-state index contributed by atoms with van der Waals surface area (Å²) in [5.41, 5.74) is 0.354. The van der Waals surface area contributed by atoms with Crippen molar-refractivity contribution in [1.29, 1.82) is 0 Å². The summed E-state index contributed by atoms with van der Waals surface area (Å²) < 4.78 is 26.3. The van der Waals surface area contributed by atoms with E-state index in [1.165, 1.54) is 24.3 Å². The highest BCUT2D eigenvalue weighted by Gasteiger charge is 2.17. The molecule has 0 amide bonds. The Labute approximate surface area is 99.2 Å². The third-order valence-electron chi connectivity index (χ3n) is 2.02. The van der Waals surface area contributed by atoms with E-state index >= 15 is 0 Å². The third kappa shape index (κ3) is 4.31. The molecule has 0 saturated heterocycles. The Morgan fingerprint density at radius 1 is 1.24 bits per heavy atom. The van der Waals surface area contributed by atoms with Gasteiger partial charge in [-0.1, -0.05) is 12.1 Å². The number of benzene rings is 1. The van der Waals surface area contributed by atoms with Gasteiger partial charge in [0.1, 0.15) is 18.0 Å². The third-order valence-corrected chi connectivity index (χ3v) is 2.52. The predicted octanol–water partition coefficient (Wildman–Crippen LogP) is -0.588. The molecule has 1 rings (SSSR count). The molecule has 0 aliphatic carbocycles. The molecule has 2 unspecified atom stereocenters. The molecular formula is C10H14O6S. The molecule has 0 bridgehead atoms. The molecule has 7 heteroatoms. The number of hydrogen-bond donors (Lipinski definition) is 3. The number of rotatable bonds is 5. The average molecular weight is 262 g/mol. The van der Waals surface area contributed by atoms with Gasteiger partial charge in [-0.15, -0.1) is 0 Å². The van der Waals surface area contributed by atoms with Crippen LogP contribution in [0.15, 0.2) is 24.3 Å². The average Bonchev–Trinajstić information content (AvgIpc) is 2.26. The highest BCUT2D eigenvalue weighted by Crippen LogP contribution is 2.20. The Hall–Kier alpha value is -1.15. The van der Waals surface area contributed by atoms with Crippen LogP contribution < -0.4 is 4.18 Å². The highest BCUT2D eigenvalue weighted by molar-refractivity contribution is 7.86. The second-order valence-corrected chi connectivity index (χ2v) is 5.13. The van der Waals surface area contributed by atoms with Crippen molar-refractivity contribution in [3.63, 3.8) is 0 Å². The van der Waals surface area contributed by atoms with E-state index < -0.39 is 28.9 Å². The SMILES string of the molecule is CS(=O)(=O)Oc1ccc(C(O)C(O)CO)cc1. The van der Waals surface area contributed by atoms with Crippen LogP contribution in [0.4, 0.5) is 0 Å². The predicted molar refractivity (Wildman–Crippen MR) is 60.0 cm³/mol. The standard InChI is InChI=1S/C10H14O6S/c1-17(14,15)16-8-4-2-7(3-5-8)10(13)9(12)6-11/h2-5,9-13H,6H2,1H3. The molecule has 0 radical (unpaired) electrons. The van der Waals surface area contributed by atoms with E-state index in [2.05, 4.69) is 4.18 Å². The van der Waals surface area contributed by atoms with Crippen molar-refractivity contribution in [2.24, 2.45) is 0 Å². The zero-order valence-corrected chi connectivity index (χ0v) is 9.96. The fourth-order valence-corrected chi connectivity index (χ4v) is 1.68. The van der Waals surface area contributed by atoms with Crippen LogP contribution in [0.2, 0.25) is 0 Å². The number of hydrogen-bond acceptors (Lipinski definition) is 6. The van der Waals surface area contributed by atoms with Gasteiger partial charge in [0.2, 0.25) is 0 Å². The first kappa shape index (κ1) is 13.9. The largest absolute Gasteiger partial charge is 0.394 e. The molecule has 0 spiro atoms. The lowest BCUT2D eigenvalue weighted by Crippen LogP contribution is -2.21. The summed E-state index contributed by atoms with van der Waals surface area (Å²) in [7, 11) is -3.58. The summed E-state index contributed by atoms with van der Waals surface area (Å²) in [6, 6.07) is 5.52. The summed E-state index contributed by atoms with van der Waals surface area (Å²) in [6.07, 6.45) is -1.59. The molecule has 17 heavy (non-hydrogen) atoms. The fourth-order valence-electron chi connectivity index (χ4n) is 1.22. The molecule has 0 heterocycles. The number of aliphatic hydroxyl groups excluding tert-OH is 3. The number of aliphatic hydroxyl groups is 3. The van der Waals surface area contributed by atoms with Crippen LogP contribution in [-0.2, 0) is 10.1 Å². The van der Waals surface area contributed by atoms with Crippen molar-refractivity contribution in [1.82, 2.24) is 0 Å². The second kappa shape index (κ2) is 5.46. The molecule has 0 fully saturated rings. The van der Waals surface area contributed by atoms with Crippen molar-refractivity contribution in [3.8, 4) is 5.75 Å². The van der Waals surface area contributed by atoms with Gasteiger partial charge in [-0.25, -0.2) is 0 Å². The molecule has 0 aromatic heterocycles. The maximum absolute atomic E-state index is 10.8. The Kier molecular flexibility index (Phi) is 4.47. The van der Waals surface area contributed by atoms with Gasteiger partial charge < -0.3 is 19.5 Å². The zero-order chi connectivity index (χ0) is 13.1. The van der Waals surface area contributed by atoms with Crippen LogP contribution in [0.5, 0.6) is 5.75 Å². The minimum absolute atomic E-state index is 0.113. The van der Waals surface area contributed by atoms with Crippen molar-refractivity contribution in [3.05, 3.63) is 29.8 Å². The normalized spacial score (nSPS) is 15.3. The van der Waals surface area contributed by atoms with Crippen molar-refractivity contribution >= 4 is 10.1 Å². The Morgan fingerprint density at radius 2 is 1.76 bits per heavy atom. The minimum Gasteiger partial charge on any atom is -0.394 e. The van der Waals surface area contributed by atoms with E-state index in [1.54, 1.807) is 0 Å². The zero-order valence-electron chi connectivity index (χ0n) is 9.15. The summed E-state index contributed by atoms with van der Waals surface area (Å²) in [4.78, 5) is 0. The van der Waals surface area contributed by atoms with Crippen molar-refractivity contribution in [2.45, 2.75) is 12.2 Å². The monoisotopic (exact) mass is 262 g/mol. The van der Waals surface area contributed by atoms with Gasteiger partial charge in [0, 0.05) is 0 Å². The van der Waals surface area contributed by atoms with Crippen LogP contribution in [0.25, 0.3) is 0 Å². The van der Waals surface area contributed by atoms with E-state index in [0.717, 1.165) is 6.26 Å². The Bertz CT molecular complexity index is 452. The van der Waals surface area contributed by atoms with E-state index in [-0.39, 0.29) is 5.75 Å².